The molecule has 1 aromatic rings. The fourth-order valence-corrected chi connectivity index (χ4v) is 1.20. The third-order valence-electron chi connectivity index (χ3n) is 1.54. The topological polar surface area (TPSA) is 64.2 Å². The zero-order chi connectivity index (χ0) is 10.0. The molecule has 0 saturated carbocycles. The molecule has 1 amide bonds. The standard InChI is InChI=1S/C7H11IN4O/c1-11(2)6(13)4-12-3-5(8)7(9)10-12/h3H,4H2,1-2H3,(H2,9,10). The molecule has 0 aliphatic heterocycles. The summed E-state index contributed by atoms with van der Waals surface area (Å²) in [5, 5.41) is 3.97. The molecule has 0 atom stereocenters. The molecule has 0 saturated heterocycles. The van der Waals surface area contributed by atoms with Crippen LogP contribution < -0.4 is 5.73 Å². The van der Waals surface area contributed by atoms with E-state index < -0.39 is 0 Å². The summed E-state index contributed by atoms with van der Waals surface area (Å²) in [7, 11) is 3.42. The number of halogens is 1. The maximum atomic E-state index is 11.3. The van der Waals surface area contributed by atoms with Gasteiger partial charge in [0.2, 0.25) is 5.91 Å². The monoisotopic (exact) mass is 294 g/mol. The summed E-state index contributed by atoms with van der Waals surface area (Å²) in [6, 6.07) is 0. The quantitative estimate of drug-likeness (QED) is 0.790. The average Bonchev–Trinajstić information content (AvgIpc) is 2.31. The van der Waals surface area contributed by atoms with Gasteiger partial charge in [-0.25, -0.2) is 0 Å². The van der Waals surface area contributed by atoms with Gasteiger partial charge >= 0.3 is 0 Å². The number of anilines is 1. The summed E-state index contributed by atoms with van der Waals surface area (Å²) >= 11 is 2.08. The molecule has 6 heteroatoms. The highest BCUT2D eigenvalue weighted by Crippen LogP contribution is 2.11. The van der Waals surface area contributed by atoms with E-state index in [1.807, 2.05) is 0 Å². The molecule has 0 radical (unpaired) electrons. The van der Waals surface area contributed by atoms with Crippen LogP contribution in [0.15, 0.2) is 6.20 Å². The lowest BCUT2D eigenvalue weighted by Crippen LogP contribution is -2.26. The number of likely N-dealkylation sites (N-methyl/N-ethyl adjacent to an activating group) is 1. The summed E-state index contributed by atoms with van der Waals surface area (Å²) < 4.78 is 2.41. The number of amides is 1. The number of rotatable bonds is 2. The van der Waals surface area contributed by atoms with Crippen molar-refractivity contribution in [2.24, 2.45) is 0 Å². The van der Waals surface area contributed by atoms with Crippen molar-refractivity contribution in [1.29, 1.82) is 0 Å². The van der Waals surface area contributed by atoms with Gasteiger partial charge in [0.05, 0.1) is 3.57 Å². The second-order valence-corrected chi connectivity index (χ2v) is 4.01. The zero-order valence-corrected chi connectivity index (χ0v) is 9.65. The summed E-state index contributed by atoms with van der Waals surface area (Å²) in [5.74, 6) is 0.464. The van der Waals surface area contributed by atoms with Crippen molar-refractivity contribution in [2.45, 2.75) is 6.54 Å². The number of hydrogen-bond acceptors (Lipinski definition) is 3. The number of hydrogen-bond donors (Lipinski definition) is 1. The Labute approximate surface area is 90.0 Å². The van der Waals surface area contributed by atoms with Crippen LogP contribution in [0.4, 0.5) is 5.82 Å². The summed E-state index contributed by atoms with van der Waals surface area (Å²) in [6.07, 6.45) is 1.75. The van der Waals surface area contributed by atoms with E-state index in [1.54, 1.807) is 25.0 Å². The van der Waals surface area contributed by atoms with Gasteiger partial charge in [-0.3, -0.25) is 9.48 Å². The number of nitrogens with zero attached hydrogens (tertiary/aromatic N) is 3. The first kappa shape index (κ1) is 10.3. The zero-order valence-electron chi connectivity index (χ0n) is 7.49. The highest BCUT2D eigenvalue weighted by Gasteiger charge is 2.07. The number of carbonyl (C=O) groups excluding carboxylic acids is 1. The molecule has 1 aromatic heterocycles. The maximum Gasteiger partial charge on any atom is 0.243 e. The molecule has 0 fully saturated rings. The van der Waals surface area contributed by atoms with E-state index in [4.69, 9.17) is 5.73 Å². The molecule has 1 heterocycles. The van der Waals surface area contributed by atoms with Crippen molar-refractivity contribution < 1.29 is 4.79 Å². The van der Waals surface area contributed by atoms with Crippen molar-refractivity contribution in [3.8, 4) is 0 Å². The van der Waals surface area contributed by atoms with Gasteiger partial charge in [-0.15, -0.1) is 0 Å². The largest absolute Gasteiger partial charge is 0.381 e. The lowest BCUT2D eigenvalue weighted by Gasteiger charge is -2.09. The molecule has 1 rings (SSSR count). The fourth-order valence-electron chi connectivity index (χ4n) is 0.773. The SMILES string of the molecule is CN(C)C(=O)Cn1cc(I)c(N)n1. The van der Waals surface area contributed by atoms with Gasteiger partial charge in [-0.1, -0.05) is 0 Å². The summed E-state index contributed by atoms with van der Waals surface area (Å²) in [6.45, 7) is 0.236. The van der Waals surface area contributed by atoms with Gasteiger partial charge in [0.25, 0.3) is 0 Å². The fraction of sp³-hybridized carbons (Fsp3) is 0.429. The van der Waals surface area contributed by atoms with Crippen LogP contribution in [0.25, 0.3) is 0 Å². The Hall–Kier alpha value is -0.790. The van der Waals surface area contributed by atoms with E-state index >= 15 is 0 Å². The van der Waals surface area contributed by atoms with Gasteiger partial charge in [-0.2, -0.15) is 5.10 Å². The molecule has 2 N–H and O–H groups in total. The van der Waals surface area contributed by atoms with Crippen LogP contribution in [0.3, 0.4) is 0 Å². The van der Waals surface area contributed by atoms with E-state index in [0.29, 0.717) is 5.82 Å². The first-order chi connectivity index (χ1) is 6.00. The van der Waals surface area contributed by atoms with Crippen molar-refractivity contribution in [3.63, 3.8) is 0 Å². The molecule has 5 nitrogen and oxygen atoms in total. The van der Waals surface area contributed by atoms with Crippen molar-refractivity contribution in [2.75, 3.05) is 19.8 Å². The van der Waals surface area contributed by atoms with Gasteiger partial charge in [0.15, 0.2) is 5.82 Å². The van der Waals surface area contributed by atoms with E-state index in [-0.39, 0.29) is 12.5 Å². The normalized spacial score (nSPS) is 10.1. The van der Waals surface area contributed by atoms with E-state index in [2.05, 4.69) is 27.7 Å². The van der Waals surface area contributed by atoms with Gasteiger partial charge in [0.1, 0.15) is 6.54 Å². The van der Waals surface area contributed by atoms with E-state index in [0.717, 1.165) is 3.57 Å². The Morgan fingerprint density at radius 1 is 1.77 bits per heavy atom. The first-order valence-electron chi connectivity index (χ1n) is 3.69. The Morgan fingerprint density at radius 2 is 2.38 bits per heavy atom. The summed E-state index contributed by atoms with van der Waals surface area (Å²) in [4.78, 5) is 12.8. The maximum absolute atomic E-state index is 11.3. The van der Waals surface area contributed by atoms with Crippen LogP contribution in [0.5, 0.6) is 0 Å². The summed E-state index contributed by atoms with van der Waals surface area (Å²) in [5.41, 5.74) is 5.53. The van der Waals surface area contributed by atoms with Crippen LogP contribution in [-0.4, -0.2) is 34.7 Å². The molecular formula is C7H11IN4O. The average molecular weight is 294 g/mol. The minimum absolute atomic E-state index is 0.00102. The molecule has 13 heavy (non-hydrogen) atoms. The molecule has 0 bridgehead atoms. The van der Waals surface area contributed by atoms with Crippen molar-refractivity contribution in [1.82, 2.24) is 14.7 Å². The Balaban J connectivity index is 2.70. The highest BCUT2D eigenvalue weighted by atomic mass is 127. The van der Waals surface area contributed by atoms with Crippen LogP contribution >= 0.6 is 22.6 Å². The van der Waals surface area contributed by atoms with Crippen LogP contribution in [0.1, 0.15) is 0 Å². The van der Waals surface area contributed by atoms with Crippen LogP contribution in [0.2, 0.25) is 0 Å². The predicted molar refractivity (Wildman–Crippen MR) is 58.1 cm³/mol. The second-order valence-electron chi connectivity index (χ2n) is 2.85. The van der Waals surface area contributed by atoms with Gasteiger partial charge in [-0.05, 0) is 22.6 Å². The highest BCUT2D eigenvalue weighted by molar-refractivity contribution is 14.1. The molecule has 0 aliphatic rings. The van der Waals surface area contributed by atoms with Crippen molar-refractivity contribution in [3.05, 3.63) is 9.77 Å². The molecule has 0 aliphatic carbocycles. The third kappa shape index (κ3) is 2.58. The number of nitrogen functional groups attached to an aromatic ring is 1. The number of nitrogens with two attached hydrogens (primary N) is 1. The Morgan fingerprint density at radius 3 is 2.77 bits per heavy atom. The smallest absolute Gasteiger partial charge is 0.243 e. The first-order valence-corrected chi connectivity index (χ1v) is 4.77. The van der Waals surface area contributed by atoms with Gasteiger partial charge < -0.3 is 10.6 Å². The Bertz CT molecular complexity index is 301. The molecule has 0 aromatic carbocycles. The Kier molecular flexibility index (Phi) is 3.12. The van der Waals surface area contributed by atoms with Gasteiger partial charge in [0, 0.05) is 20.3 Å². The van der Waals surface area contributed by atoms with E-state index in [1.165, 1.54) is 4.90 Å². The molecule has 72 valence electrons. The minimum atomic E-state index is -0.00102. The molecule has 0 unspecified atom stereocenters. The van der Waals surface area contributed by atoms with Crippen LogP contribution in [0, 0.1) is 3.57 Å². The third-order valence-corrected chi connectivity index (χ3v) is 2.37. The molecular weight excluding hydrogens is 283 g/mol. The molecule has 0 spiro atoms. The van der Waals surface area contributed by atoms with E-state index in [9.17, 15) is 4.79 Å². The van der Waals surface area contributed by atoms with Crippen molar-refractivity contribution >= 4 is 34.3 Å². The number of aromatic nitrogens is 2. The van der Waals surface area contributed by atoms with Crippen LogP contribution in [-0.2, 0) is 11.3 Å². The predicted octanol–water partition coefficient (Wildman–Crippen LogP) is 0.158. The lowest BCUT2D eigenvalue weighted by atomic mass is 10.5. The lowest BCUT2D eigenvalue weighted by molar-refractivity contribution is -0.129. The number of carbonyl (C=O) groups is 1. The minimum Gasteiger partial charge on any atom is -0.381 e. The second kappa shape index (κ2) is 3.95.